The van der Waals surface area contributed by atoms with Crippen LogP contribution in [0.2, 0.25) is 0 Å². The zero-order valence-corrected chi connectivity index (χ0v) is 20.5. The van der Waals surface area contributed by atoms with Gasteiger partial charge in [-0.15, -0.1) is 11.3 Å². The molecule has 34 heavy (non-hydrogen) atoms. The maximum atomic E-state index is 12.8. The number of amides is 1. The summed E-state index contributed by atoms with van der Waals surface area (Å²) in [6, 6.07) is 9.78. The molecule has 180 valence electrons. The molecule has 1 aliphatic heterocycles. The average Bonchev–Trinajstić information content (AvgIpc) is 3.19. The first-order chi connectivity index (χ1) is 16.4. The van der Waals surface area contributed by atoms with Crippen molar-refractivity contribution in [3.05, 3.63) is 62.5 Å². The van der Waals surface area contributed by atoms with Crippen molar-refractivity contribution in [2.24, 2.45) is 5.92 Å². The molecule has 2 N–H and O–H groups in total. The first-order valence-corrected chi connectivity index (χ1v) is 12.5. The topological polar surface area (TPSA) is 104 Å². The smallest absolute Gasteiger partial charge is 0.348 e. The highest BCUT2D eigenvalue weighted by Gasteiger charge is 2.29. The normalized spacial score (nSPS) is 15.9. The second-order valence-electron chi connectivity index (χ2n) is 8.60. The fourth-order valence-electron chi connectivity index (χ4n) is 4.40. The fraction of sp³-hybridized carbons (Fsp3) is 0.440. The molecule has 2 aromatic heterocycles. The minimum Gasteiger partial charge on any atom is -0.462 e. The molecule has 8 nitrogen and oxygen atoms in total. The number of carbonyl (C=O) groups is 2. The molecule has 1 unspecified atom stereocenters. The molecule has 1 aromatic carbocycles. The standard InChI is InChI=1S/C25H30N4O4S/c1-4-33-25(32)20-15(2)19-23(31)27-21(28-24(19)34-20)16(3)29-12-10-18(11-13-29)22(30)26-14-17-8-6-5-7-9-17/h5-9,16,18H,4,10-14H2,1-3H3,(H,26,30)(H,27,28,31). The Bertz CT molecular complexity index is 1230. The lowest BCUT2D eigenvalue weighted by atomic mass is 9.94. The molecule has 1 fully saturated rings. The van der Waals surface area contributed by atoms with Gasteiger partial charge in [-0.2, -0.15) is 0 Å². The molecule has 9 heteroatoms. The number of hydrogen-bond acceptors (Lipinski definition) is 7. The summed E-state index contributed by atoms with van der Waals surface area (Å²) in [6.07, 6.45) is 1.51. The van der Waals surface area contributed by atoms with Crippen LogP contribution in [0.4, 0.5) is 0 Å². The number of nitrogens with one attached hydrogen (secondary N) is 2. The molecular weight excluding hydrogens is 452 g/mol. The van der Waals surface area contributed by atoms with Crippen LogP contribution < -0.4 is 10.9 Å². The minimum absolute atomic E-state index is 0.0197. The Morgan fingerprint density at radius 3 is 2.65 bits per heavy atom. The van der Waals surface area contributed by atoms with E-state index < -0.39 is 5.97 Å². The number of esters is 1. The summed E-state index contributed by atoms with van der Waals surface area (Å²) in [4.78, 5) is 48.5. The molecule has 1 aliphatic rings. The first-order valence-electron chi connectivity index (χ1n) is 11.6. The number of hydrogen-bond donors (Lipinski definition) is 2. The van der Waals surface area contributed by atoms with Crippen LogP contribution in [-0.2, 0) is 16.1 Å². The third-order valence-corrected chi connectivity index (χ3v) is 7.60. The second kappa shape index (κ2) is 10.5. The molecule has 0 spiro atoms. The molecule has 1 atom stereocenters. The van der Waals surface area contributed by atoms with E-state index in [4.69, 9.17) is 4.74 Å². The SMILES string of the molecule is CCOC(=O)c1sc2nc(C(C)N3CCC(C(=O)NCc4ccccc4)CC3)[nH]c(=O)c2c1C. The number of likely N-dealkylation sites (tertiary alicyclic amines) is 1. The van der Waals surface area contributed by atoms with Gasteiger partial charge < -0.3 is 15.0 Å². The van der Waals surface area contributed by atoms with Gasteiger partial charge in [0.05, 0.1) is 18.0 Å². The van der Waals surface area contributed by atoms with Gasteiger partial charge in [0.1, 0.15) is 15.5 Å². The number of nitrogens with zero attached hydrogens (tertiary/aromatic N) is 2. The summed E-state index contributed by atoms with van der Waals surface area (Å²) in [5, 5.41) is 3.49. The van der Waals surface area contributed by atoms with Gasteiger partial charge in [0.2, 0.25) is 5.91 Å². The Morgan fingerprint density at radius 1 is 1.26 bits per heavy atom. The van der Waals surface area contributed by atoms with Crippen molar-refractivity contribution in [1.82, 2.24) is 20.2 Å². The number of H-pyrrole nitrogens is 1. The van der Waals surface area contributed by atoms with Crippen molar-refractivity contribution in [2.75, 3.05) is 19.7 Å². The highest BCUT2D eigenvalue weighted by atomic mass is 32.1. The van der Waals surface area contributed by atoms with Crippen LogP contribution in [0, 0.1) is 12.8 Å². The van der Waals surface area contributed by atoms with Gasteiger partial charge in [-0.1, -0.05) is 30.3 Å². The largest absolute Gasteiger partial charge is 0.462 e. The number of aromatic amines is 1. The van der Waals surface area contributed by atoms with Gasteiger partial charge in [-0.05, 0) is 57.8 Å². The fourth-order valence-corrected chi connectivity index (χ4v) is 5.48. The van der Waals surface area contributed by atoms with E-state index in [1.807, 2.05) is 37.3 Å². The molecule has 0 bridgehead atoms. The summed E-state index contributed by atoms with van der Waals surface area (Å²) in [6.45, 7) is 7.80. The molecule has 1 saturated heterocycles. The molecule has 1 amide bonds. The summed E-state index contributed by atoms with van der Waals surface area (Å²) in [5.74, 6) is 0.212. The molecule has 3 heterocycles. The lowest BCUT2D eigenvalue weighted by molar-refractivity contribution is -0.126. The number of ether oxygens (including phenoxy) is 1. The van der Waals surface area contributed by atoms with Gasteiger partial charge in [-0.25, -0.2) is 9.78 Å². The van der Waals surface area contributed by atoms with Gasteiger partial charge >= 0.3 is 5.97 Å². The van der Waals surface area contributed by atoms with Crippen molar-refractivity contribution in [3.63, 3.8) is 0 Å². The van der Waals surface area contributed by atoms with E-state index in [0.29, 0.717) is 33.0 Å². The Labute approximate surface area is 202 Å². The van der Waals surface area contributed by atoms with Crippen LogP contribution in [0.5, 0.6) is 0 Å². The average molecular weight is 483 g/mol. The Kier molecular flexibility index (Phi) is 7.43. The van der Waals surface area contributed by atoms with Crippen molar-refractivity contribution in [2.45, 2.75) is 46.2 Å². The van der Waals surface area contributed by atoms with Crippen molar-refractivity contribution >= 4 is 33.4 Å². The van der Waals surface area contributed by atoms with Crippen LogP contribution in [0.25, 0.3) is 10.2 Å². The van der Waals surface area contributed by atoms with E-state index in [-0.39, 0.29) is 30.0 Å². The highest BCUT2D eigenvalue weighted by Crippen LogP contribution is 2.30. The van der Waals surface area contributed by atoms with Crippen molar-refractivity contribution < 1.29 is 14.3 Å². The Morgan fingerprint density at radius 2 is 1.97 bits per heavy atom. The summed E-state index contributed by atoms with van der Waals surface area (Å²) in [5.41, 5.74) is 1.45. The summed E-state index contributed by atoms with van der Waals surface area (Å²) >= 11 is 1.20. The number of rotatable bonds is 7. The van der Waals surface area contributed by atoms with E-state index in [9.17, 15) is 14.4 Å². The van der Waals surface area contributed by atoms with Crippen LogP contribution in [0.15, 0.2) is 35.1 Å². The molecule has 4 rings (SSSR count). The third-order valence-electron chi connectivity index (χ3n) is 6.43. The van der Waals surface area contributed by atoms with E-state index in [1.54, 1.807) is 13.8 Å². The number of thiophene rings is 1. The molecule has 0 saturated carbocycles. The Hall–Kier alpha value is -3.04. The summed E-state index contributed by atoms with van der Waals surface area (Å²) in [7, 11) is 0. The van der Waals surface area contributed by atoms with Crippen LogP contribution in [0.1, 0.15) is 59.4 Å². The number of piperidine rings is 1. The number of aryl methyl sites for hydroxylation is 1. The number of benzene rings is 1. The van der Waals surface area contributed by atoms with E-state index in [1.165, 1.54) is 11.3 Å². The third kappa shape index (κ3) is 5.05. The predicted octanol–water partition coefficient (Wildman–Crippen LogP) is 3.56. The van der Waals surface area contributed by atoms with Gasteiger partial charge in [0.15, 0.2) is 0 Å². The quantitative estimate of drug-likeness (QED) is 0.499. The zero-order chi connectivity index (χ0) is 24.2. The lowest BCUT2D eigenvalue weighted by Gasteiger charge is -2.35. The number of carbonyl (C=O) groups excluding carboxylic acids is 2. The van der Waals surface area contributed by atoms with Crippen LogP contribution >= 0.6 is 11.3 Å². The molecular formula is C25H30N4O4S. The van der Waals surface area contributed by atoms with Crippen LogP contribution in [0.3, 0.4) is 0 Å². The first kappa shape index (κ1) is 24.1. The van der Waals surface area contributed by atoms with Gasteiger partial charge in [-0.3, -0.25) is 14.5 Å². The Balaban J connectivity index is 1.41. The zero-order valence-electron chi connectivity index (χ0n) is 19.7. The van der Waals surface area contributed by atoms with Crippen molar-refractivity contribution in [1.29, 1.82) is 0 Å². The molecule has 3 aromatic rings. The van der Waals surface area contributed by atoms with E-state index >= 15 is 0 Å². The van der Waals surface area contributed by atoms with Crippen molar-refractivity contribution in [3.8, 4) is 0 Å². The molecule has 0 aliphatic carbocycles. The van der Waals surface area contributed by atoms with Gasteiger partial charge in [0, 0.05) is 12.5 Å². The van der Waals surface area contributed by atoms with Gasteiger partial charge in [0.25, 0.3) is 5.56 Å². The summed E-state index contributed by atoms with van der Waals surface area (Å²) < 4.78 is 5.11. The monoisotopic (exact) mass is 482 g/mol. The second-order valence-corrected chi connectivity index (χ2v) is 9.60. The maximum Gasteiger partial charge on any atom is 0.348 e. The number of aromatic nitrogens is 2. The molecule has 0 radical (unpaired) electrons. The van der Waals surface area contributed by atoms with E-state index in [0.717, 1.165) is 31.5 Å². The van der Waals surface area contributed by atoms with E-state index in [2.05, 4.69) is 20.2 Å². The van der Waals surface area contributed by atoms with Crippen LogP contribution in [-0.4, -0.2) is 46.4 Å². The highest BCUT2D eigenvalue weighted by molar-refractivity contribution is 7.20. The number of fused-ring (bicyclic) bond motifs is 1. The predicted molar refractivity (Wildman–Crippen MR) is 132 cm³/mol. The maximum absolute atomic E-state index is 12.8. The lowest BCUT2D eigenvalue weighted by Crippen LogP contribution is -2.41. The minimum atomic E-state index is -0.426.